The van der Waals surface area contributed by atoms with Gasteiger partial charge in [0.25, 0.3) is 0 Å². The standard InChI is InChI=1S/C21H35N3O2S/c1-8-24-10-9-15-11-17(25-6)18(26-7)12-16(15)20(24)19(13(2)3)23-21(27)22-14(4)5/h11-14,19-20H,8-10H2,1-7H3,(H2,22,23,27)/t19-,20-/m1/s1. The Balaban J connectivity index is 2.46. The molecule has 2 atom stereocenters. The first kappa shape index (κ1) is 21.8. The Labute approximate surface area is 169 Å². The van der Waals surface area contributed by atoms with Gasteiger partial charge in [-0.15, -0.1) is 0 Å². The van der Waals surface area contributed by atoms with Crippen molar-refractivity contribution in [1.82, 2.24) is 15.5 Å². The van der Waals surface area contributed by atoms with Crippen molar-refractivity contribution in [2.75, 3.05) is 27.3 Å². The molecular weight excluding hydrogens is 358 g/mol. The Kier molecular flexibility index (Phi) is 7.74. The third kappa shape index (κ3) is 5.05. The first-order chi connectivity index (χ1) is 12.8. The number of hydrogen-bond donors (Lipinski definition) is 2. The fourth-order valence-corrected chi connectivity index (χ4v) is 4.24. The third-order valence-corrected chi connectivity index (χ3v) is 5.44. The van der Waals surface area contributed by atoms with Gasteiger partial charge in [-0.1, -0.05) is 20.8 Å². The molecule has 0 aliphatic carbocycles. The van der Waals surface area contributed by atoms with Crippen LogP contribution in [0.4, 0.5) is 0 Å². The predicted molar refractivity (Wildman–Crippen MR) is 116 cm³/mol. The predicted octanol–water partition coefficient (Wildman–Crippen LogP) is 3.52. The van der Waals surface area contributed by atoms with Crippen LogP contribution in [0, 0.1) is 5.92 Å². The van der Waals surface area contributed by atoms with Crippen LogP contribution in [0.3, 0.4) is 0 Å². The first-order valence-electron chi connectivity index (χ1n) is 9.88. The molecule has 27 heavy (non-hydrogen) atoms. The molecule has 0 unspecified atom stereocenters. The molecule has 0 saturated carbocycles. The molecule has 0 spiro atoms. The fourth-order valence-electron chi connectivity index (χ4n) is 3.87. The Bertz CT molecular complexity index is 649. The molecule has 0 fully saturated rings. The smallest absolute Gasteiger partial charge is 0.166 e. The van der Waals surface area contributed by atoms with Crippen molar-refractivity contribution >= 4 is 17.3 Å². The summed E-state index contributed by atoms with van der Waals surface area (Å²) in [5, 5.41) is 7.63. The largest absolute Gasteiger partial charge is 0.493 e. The fraction of sp³-hybridized carbons (Fsp3) is 0.667. The van der Waals surface area contributed by atoms with Crippen molar-refractivity contribution in [3.05, 3.63) is 23.3 Å². The lowest BCUT2D eigenvalue weighted by atomic mass is 9.83. The van der Waals surface area contributed by atoms with Crippen LogP contribution in [0.15, 0.2) is 12.1 Å². The molecular formula is C21H35N3O2S. The molecule has 2 N–H and O–H groups in total. The van der Waals surface area contributed by atoms with Gasteiger partial charge in [-0.25, -0.2) is 0 Å². The van der Waals surface area contributed by atoms with Gasteiger partial charge in [-0.2, -0.15) is 0 Å². The molecule has 1 aliphatic heterocycles. The summed E-state index contributed by atoms with van der Waals surface area (Å²) in [6.45, 7) is 12.9. The molecule has 0 aromatic heterocycles. The minimum absolute atomic E-state index is 0.195. The van der Waals surface area contributed by atoms with Crippen LogP contribution in [-0.2, 0) is 6.42 Å². The lowest BCUT2D eigenvalue weighted by Crippen LogP contribution is -2.54. The van der Waals surface area contributed by atoms with Crippen LogP contribution in [0.25, 0.3) is 0 Å². The van der Waals surface area contributed by atoms with Crippen molar-refractivity contribution in [2.24, 2.45) is 5.92 Å². The molecule has 0 saturated heterocycles. The van der Waals surface area contributed by atoms with Crippen LogP contribution in [0.1, 0.15) is 51.8 Å². The number of nitrogens with one attached hydrogen (secondary N) is 2. The van der Waals surface area contributed by atoms with Gasteiger partial charge in [0.15, 0.2) is 16.6 Å². The normalized spacial score (nSPS) is 18.2. The van der Waals surface area contributed by atoms with E-state index in [4.69, 9.17) is 21.7 Å². The zero-order valence-corrected chi connectivity index (χ0v) is 18.6. The van der Waals surface area contributed by atoms with E-state index in [1.807, 2.05) is 0 Å². The van der Waals surface area contributed by atoms with Gasteiger partial charge < -0.3 is 20.1 Å². The summed E-state index contributed by atoms with van der Waals surface area (Å²) >= 11 is 5.57. The minimum atomic E-state index is 0.195. The SMILES string of the molecule is CCN1CCc2cc(OC)c(OC)cc2[C@@H]1[C@H](NC(=S)NC(C)C)C(C)C. The van der Waals surface area contributed by atoms with Crippen LogP contribution >= 0.6 is 12.2 Å². The summed E-state index contributed by atoms with van der Waals surface area (Å²) in [5.41, 5.74) is 2.64. The Morgan fingerprint density at radius 2 is 1.78 bits per heavy atom. The second kappa shape index (κ2) is 9.60. The van der Waals surface area contributed by atoms with Crippen molar-refractivity contribution < 1.29 is 9.47 Å². The van der Waals surface area contributed by atoms with Crippen molar-refractivity contribution in [3.63, 3.8) is 0 Å². The van der Waals surface area contributed by atoms with E-state index < -0.39 is 0 Å². The number of thiocarbonyl (C=S) groups is 1. The van der Waals surface area contributed by atoms with Crippen LogP contribution in [0.2, 0.25) is 0 Å². The van der Waals surface area contributed by atoms with E-state index in [1.54, 1.807) is 14.2 Å². The molecule has 0 amide bonds. The van der Waals surface area contributed by atoms with E-state index in [2.05, 4.69) is 62.3 Å². The number of nitrogens with zero attached hydrogens (tertiary/aromatic N) is 1. The van der Waals surface area contributed by atoms with Crippen molar-refractivity contribution in [1.29, 1.82) is 0 Å². The second-order valence-electron chi connectivity index (χ2n) is 7.77. The maximum absolute atomic E-state index is 5.59. The Morgan fingerprint density at radius 1 is 1.15 bits per heavy atom. The maximum Gasteiger partial charge on any atom is 0.166 e. The highest BCUT2D eigenvalue weighted by molar-refractivity contribution is 7.80. The van der Waals surface area contributed by atoms with Crippen LogP contribution in [0.5, 0.6) is 11.5 Å². The molecule has 1 heterocycles. The van der Waals surface area contributed by atoms with E-state index in [0.717, 1.165) is 31.0 Å². The zero-order chi connectivity index (χ0) is 20.1. The van der Waals surface area contributed by atoms with E-state index in [9.17, 15) is 0 Å². The van der Waals surface area contributed by atoms with E-state index in [0.29, 0.717) is 17.1 Å². The third-order valence-electron chi connectivity index (χ3n) is 5.21. The van der Waals surface area contributed by atoms with Crippen LogP contribution in [-0.4, -0.2) is 49.4 Å². The molecule has 1 aromatic carbocycles. The van der Waals surface area contributed by atoms with Gasteiger partial charge in [-0.3, -0.25) is 4.90 Å². The van der Waals surface area contributed by atoms with Gasteiger partial charge in [-0.05, 0) is 68.2 Å². The molecule has 5 nitrogen and oxygen atoms in total. The number of rotatable bonds is 7. The van der Waals surface area contributed by atoms with Gasteiger partial charge in [0.05, 0.1) is 26.3 Å². The molecule has 2 rings (SSSR count). The quantitative estimate of drug-likeness (QED) is 0.691. The highest BCUT2D eigenvalue weighted by atomic mass is 32.1. The zero-order valence-electron chi connectivity index (χ0n) is 17.8. The summed E-state index contributed by atoms with van der Waals surface area (Å²) < 4.78 is 11.1. The highest BCUT2D eigenvalue weighted by Crippen LogP contribution is 2.40. The maximum atomic E-state index is 5.59. The van der Waals surface area contributed by atoms with E-state index in [-0.39, 0.29) is 12.1 Å². The van der Waals surface area contributed by atoms with Gasteiger partial charge in [0.2, 0.25) is 0 Å². The van der Waals surface area contributed by atoms with Gasteiger partial charge >= 0.3 is 0 Å². The Morgan fingerprint density at radius 3 is 2.30 bits per heavy atom. The first-order valence-corrected chi connectivity index (χ1v) is 10.3. The highest BCUT2D eigenvalue weighted by Gasteiger charge is 2.36. The topological polar surface area (TPSA) is 45.8 Å². The van der Waals surface area contributed by atoms with Gasteiger partial charge in [0.1, 0.15) is 0 Å². The van der Waals surface area contributed by atoms with E-state index in [1.165, 1.54) is 11.1 Å². The summed E-state index contributed by atoms with van der Waals surface area (Å²) in [7, 11) is 3.39. The molecule has 1 aromatic rings. The Hall–Kier alpha value is -1.53. The second-order valence-corrected chi connectivity index (χ2v) is 8.18. The molecule has 0 bridgehead atoms. The lowest BCUT2D eigenvalue weighted by Gasteiger charge is -2.43. The summed E-state index contributed by atoms with van der Waals surface area (Å²) in [6.07, 6.45) is 1.01. The molecule has 1 aliphatic rings. The molecule has 0 radical (unpaired) electrons. The molecule has 152 valence electrons. The number of hydrogen-bond acceptors (Lipinski definition) is 4. The number of benzene rings is 1. The lowest BCUT2D eigenvalue weighted by molar-refractivity contribution is 0.140. The number of fused-ring (bicyclic) bond motifs is 1. The minimum Gasteiger partial charge on any atom is -0.493 e. The summed E-state index contributed by atoms with van der Waals surface area (Å²) in [6, 6.07) is 5.02. The summed E-state index contributed by atoms with van der Waals surface area (Å²) in [5.74, 6) is 1.99. The number of methoxy groups -OCH3 is 2. The average molecular weight is 394 g/mol. The monoisotopic (exact) mass is 393 g/mol. The molecule has 6 heteroatoms. The van der Waals surface area contributed by atoms with Crippen molar-refractivity contribution in [3.8, 4) is 11.5 Å². The van der Waals surface area contributed by atoms with Gasteiger partial charge in [0, 0.05) is 12.6 Å². The number of ether oxygens (including phenoxy) is 2. The van der Waals surface area contributed by atoms with Crippen molar-refractivity contribution in [2.45, 2.75) is 59.2 Å². The van der Waals surface area contributed by atoms with Crippen LogP contribution < -0.4 is 20.1 Å². The van der Waals surface area contributed by atoms with E-state index >= 15 is 0 Å². The number of likely N-dealkylation sites (N-methyl/N-ethyl adjacent to an activating group) is 1. The summed E-state index contributed by atoms with van der Waals surface area (Å²) in [4.78, 5) is 2.53. The average Bonchev–Trinajstić information content (AvgIpc) is 2.63.